The maximum atomic E-state index is 11.8. The summed E-state index contributed by atoms with van der Waals surface area (Å²) in [5.74, 6) is -1.61. The number of hydrogen-bond acceptors (Lipinski definition) is 4. The molecule has 94 valence electrons. The number of nitrogens with zero attached hydrogens (tertiary/aromatic N) is 1. The summed E-state index contributed by atoms with van der Waals surface area (Å²) in [6, 6.07) is -0.680. The van der Waals surface area contributed by atoms with Gasteiger partial charge in [0.25, 0.3) is 0 Å². The van der Waals surface area contributed by atoms with Gasteiger partial charge in [-0.15, -0.1) is 0 Å². The van der Waals surface area contributed by atoms with E-state index >= 15 is 0 Å². The Bertz CT molecular complexity index is 364. The van der Waals surface area contributed by atoms with E-state index < -0.39 is 17.4 Å². The van der Waals surface area contributed by atoms with Crippen LogP contribution >= 0.6 is 0 Å². The third-order valence-electron chi connectivity index (χ3n) is 3.53. The Morgan fingerprint density at radius 3 is 2.53 bits per heavy atom. The number of carboxylic acids is 1. The first kappa shape index (κ1) is 12.0. The van der Waals surface area contributed by atoms with E-state index in [1.807, 2.05) is 0 Å². The highest BCUT2D eigenvalue weighted by atomic mass is 16.5. The maximum absolute atomic E-state index is 11.8. The average Bonchev–Trinajstić information content (AvgIpc) is 2.62. The largest absolute Gasteiger partial charge is 0.481 e. The van der Waals surface area contributed by atoms with Crippen molar-refractivity contribution in [2.24, 2.45) is 5.41 Å². The first-order valence-electron chi connectivity index (χ1n) is 5.63. The second-order valence-electron chi connectivity index (χ2n) is 4.76. The number of piperidine rings is 1. The molecule has 2 atom stereocenters. The number of hydrogen-bond donors (Lipinski definition) is 1. The Labute approximate surface area is 98.5 Å². The van der Waals surface area contributed by atoms with Crippen LogP contribution in [0.4, 0.5) is 0 Å². The van der Waals surface area contributed by atoms with E-state index in [0.29, 0.717) is 19.3 Å². The zero-order valence-electron chi connectivity index (χ0n) is 9.64. The summed E-state index contributed by atoms with van der Waals surface area (Å²) in [7, 11) is 0. The molecule has 0 spiro atoms. The molecule has 0 saturated carbocycles. The fourth-order valence-corrected chi connectivity index (χ4v) is 2.34. The molecule has 0 aromatic heterocycles. The molecule has 0 bridgehead atoms. The van der Waals surface area contributed by atoms with Gasteiger partial charge in [-0.1, -0.05) is 0 Å². The fourth-order valence-electron chi connectivity index (χ4n) is 2.34. The summed E-state index contributed by atoms with van der Waals surface area (Å²) in [5.41, 5.74) is -1.19. The number of carboxylic acid groups (broad SMARTS) is 1. The molecule has 2 unspecified atom stereocenters. The highest BCUT2D eigenvalue weighted by molar-refractivity contribution is 5.98. The quantitative estimate of drug-likeness (QED) is 0.689. The predicted octanol–water partition coefficient (Wildman–Crippen LogP) is 0.0152. The van der Waals surface area contributed by atoms with Crippen molar-refractivity contribution >= 4 is 17.8 Å². The van der Waals surface area contributed by atoms with Crippen molar-refractivity contribution in [1.82, 2.24) is 4.90 Å². The molecule has 0 aliphatic carbocycles. The number of amides is 2. The second kappa shape index (κ2) is 4.10. The zero-order valence-corrected chi connectivity index (χ0v) is 9.64. The molecule has 6 heteroatoms. The Morgan fingerprint density at radius 1 is 1.41 bits per heavy atom. The molecule has 17 heavy (non-hydrogen) atoms. The molecule has 6 nitrogen and oxygen atoms in total. The minimum absolute atomic E-state index is 0.0318. The third kappa shape index (κ3) is 1.82. The highest BCUT2D eigenvalue weighted by Crippen LogP contribution is 2.34. The second-order valence-corrected chi connectivity index (χ2v) is 4.76. The van der Waals surface area contributed by atoms with Crippen molar-refractivity contribution in [3.63, 3.8) is 0 Å². The van der Waals surface area contributed by atoms with E-state index in [4.69, 9.17) is 4.74 Å². The number of rotatable bonds is 2. The lowest BCUT2D eigenvalue weighted by molar-refractivity contribution is -0.158. The lowest BCUT2D eigenvalue weighted by Crippen LogP contribution is -2.55. The smallest absolute Gasteiger partial charge is 0.313 e. The van der Waals surface area contributed by atoms with Gasteiger partial charge in [0.2, 0.25) is 11.8 Å². The van der Waals surface area contributed by atoms with Crippen molar-refractivity contribution in [3.05, 3.63) is 0 Å². The SMILES string of the molecule is CC1(C(=O)O)COCC1N1C(=O)CCCC1=O. The highest BCUT2D eigenvalue weighted by Gasteiger charge is 2.52. The molecule has 2 heterocycles. The van der Waals surface area contributed by atoms with Crippen molar-refractivity contribution in [2.75, 3.05) is 13.2 Å². The van der Waals surface area contributed by atoms with Gasteiger partial charge in [0.1, 0.15) is 5.41 Å². The molecule has 2 aliphatic heterocycles. The van der Waals surface area contributed by atoms with E-state index in [-0.39, 0.29) is 25.0 Å². The summed E-state index contributed by atoms with van der Waals surface area (Å²) in [6.45, 7) is 1.66. The first-order valence-corrected chi connectivity index (χ1v) is 5.63. The molecule has 0 aromatic carbocycles. The minimum Gasteiger partial charge on any atom is -0.481 e. The van der Waals surface area contributed by atoms with Crippen LogP contribution in [0.3, 0.4) is 0 Å². The lowest BCUT2D eigenvalue weighted by Gasteiger charge is -2.36. The van der Waals surface area contributed by atoms with Gasteiger partial charge in [0.05, 0.1) is 19.3 Å². The summed E-state index contributed by atoms with van der Waals surface area (Å²) >= 11 is 0. The Morgan fingerprint density at radius 2 is 2.00 bits per heavy atom. The van der Waals surface area contributed by atoms with Gasteiger partial charge >= 0.3 is 5.97 Å². The van der Waals surface area contributed by atoms with Crippen LogP contribution in [0.1, 0.15) is 26.2 Å². The maximum Gasteiger partial charge on any atom is 0.313 e. The van der Waals surface area contributed by atoms with Crippen LogP contribution in [-0.4, -0.2) is 47.0 Å². The van der Waals surface area contributed by atoms with Gasteiger partial charge in [0, 0.05) is 12.8 Å². The lowest BCUT2D eigenvalue weighted by atomic mass is 9.83. The standard InChI is InChI=1S/C11H15NO5/c1-11(10(15)16)6-17-5-7(11)12-8(13)3-2-4-9(12)14/h7H,2-6H2,1H3,(H,15,16). The molecule has 2 rings (SSSR count). The van der Waals surface area contributed by atoms with Crippen LogP contribution in [0.2, 0.25) is 0 Å². The molecular weight excluding hydrogens is 226 g/mol. The average molecular weight is 241 g/mol. The van der Waals surface area contributed by atoms with Gasteiger partial charge in [-0.05, 0) is 13.3 Å². The van der Waals surface area contributed by atoms with Gasteiger partial charge in [0.15, 0.2) is 0 Å². The number of imide groups is 1. The molecule has 0 radical (unpaired) electrons. The number of carbonyl (C=O) groups is 3. The van der Waals surface area contributed by atoms with Gasteiger partial charge in [-0.2, -0.15) is 0 Å². The van der Waals surface area contributed by atoms with Crippen LogP contribution in [-0.2, 0) is 19.1 Å². The topological polar surface area (TPSA) is 83.9 Å². The number of carbonyl (C=O) groups excluding carboxylic acids is 2. The van der Waals surface area contributed by atoms with E-state index in [1.165, 1.54) is 6.92 Å². The molecule has 2 aliphatic rings. The Hall–Kier alpha value is -1.43. The summed E-state index contributed by atoms with van der Waals surface area (Å²) in [6.07, 6.45) is 1.15. The minimum atomic E-state index is -1.19. The van der Waals surface area contributed by atoms with Gasteiger partial charge in [-0.3, -0.25) is 19.3 Å². The Kier molecular flexibility index (Phi) is 2.91. The van der Waals surface area contributed by atoms with E-state index in [0.717, 1.165) is 4.90 Å². The van der Waals surface area contributed by atoms with Gasteiger partial charge < -0.3 is 9.84 Å². The summed E-state index contributed by atoms with van der Waals surface area (Å²) < 4.78 is 5.16. The predicted molar refractivity (Wildman–Crippen MR) is 56.1 cm³/mol. The molecular formula is C11H15NO5. The molecule has 1 N–H and O–H groups in total. The van der Waals surface area contributed by atoms with E-state index in [2.05, 4.69) is 0 Å². The van der Waals surface area contributed by atoms with Crippen LogP contribution in [0.5, 0.6) is 0 Å². The van der Waals surface area contributed by atoms with Crippen LogP contribution < -0.4 is 0 Å². The molecule has 0 aromatic rings. The monoisotopic (exact) mass is 241 g/mol. The van der Waals surface area contributed by atoms with Crippen molar-refractivity contribution in [1.29, 1.82) is 0 Å². The summed E-state index contributed by atoms with van der Waals surface area (Å²) in [5, 5.41) is 9.22. The third-order valence-corrected chi connectivity index (χ3v) is 3.53. The number of likely N-dealkylation sites (tertiary alicyclic amines) is 1. The first-order chi connectivity index (χ1) is 7.97. The summed E-state index contributed by atoms with van der Waals surface area (Å²) in [4.78, 5) is 35.9. The fraction of sp³-hybridized carbons (Fsp3) is 0.727. The molecule has 2 saturated heterocycles. The van der Waals surface area contributed by atoms with Crippen molar-refractivity contribution < 1.29 is 24.2 Å². The van der Waals surface area contributed by atoms with E-state index in [9.17, 15) is 19.5 Å². The normalized spacial score (nSPS) is 34.2. The number of ether oxygens (including phenoxy) is 1. The van der Waals surface area contributed by atoms with Crippen molar-refractivity contribution in [2.45, 2.75) is 32.2 Å². The van der Waals surface area contributed by atoms with Crippen LogP contribution in [0.15, 0.2) is 0 Å². The van der Waals surface area contributed by atoms with E-state index in [1.54, 1.807) is 0 Å². The van der Waals surface area contributed by atoms with Crippen molar-refractivity contribution in [3.8, 4) is 0 Å². The van der Waals surface area contributed by atoms with Crippen LogP contribution in [0, 0.1) is 5.41 Å². The van der Waals surface area contributed by atoms with Crippen LogP contribution in [0.25, 0.3) is 0 Å². The zero-order chi connectivity index (χ0) is 12.6. The molecule has 2 fully saturated rings. The molecule has 2 amide bonds. The van der Waals surface area contributed by atoms with Gasteiger partial charge in [-0.25, -0.2) is 0 Å². The Balaban J connectivity index is 2.29. The number of aliphatic carboxylic acids is 1.